The second-order valence-electron chi connectivity index (χ2n) is 4.45. The van der Waals surface area contributed by atoms with Crippen LogP contribution in [0.2, 0.25) is 0 Å². The number of carbonyl (C=O) groups is 1. The molecule has 2 N–H and O–H groups in total. The first kappa shape index (κ1) is 11.9. The third-order valence-corrected chi connectivity index (χ3v) is 3.15. The van der Waals surface area contributed by atoms with Crippen molar-refractivity contribution in [3.8, 4) is 0 Å². The van der Waals surface area contributed by atoms with Crippen molar-refractivity contribution in [3.05, 3.63) is 30.0 Å². The molecule has 1 aliphatic rings. The molecule has 6 heteroatoms. The lowest BCUT2D eigenvalue weighted by Gasteiger charge is -2.15. The van der Waals surface area contributed by atoms with E-state index < -0.39 is 5.97 Å². The highest BCUT2D eigenvalue weighted by Gasteiger charge is 2.21. The summed E-state index contributed by atoms with van der Waals surface area (Å²) in [5, 5.41) is 20.9. The minimum Gasteiger partial charge on any atom is -0.476 e. The molecular weight excluding hydrogens is 246 g/mol. The molecule has 0 saturated carbocycles. The lowest BCUT2D eigenvalue weighted by Crippen LogP contribution is -2.22. The van der Waals surface area contributed by atoms with Crippen LogP contribution in [0.15, 0.2) is 24.3 Å². The zero-order chi connectivity index (χ0) is 13.2. The van der Waals surface area contributed by atoms with Gasteiger partial charge in [-0.2, -0.15) is 0 Å². The van der Waals surface area contributed by atoms with Crippen LogP contribution in [0.25, 0.3) is 10.9 Å². The Bertz CT molecular complexity index is 624. The standard InChI is InChI=1S/C13H13N3O3/c17-13(18)12-11(14-8-5-6-19-7-8)9-3-1-2-4-10(9)15-16-12/h1-4,8H,5-7H2,(H,14,15)(H,17,18). The van der Waals surface area contributed by atoms with E-state index in [2.05, 4.69) is 15.5 Å². The molecule has 2 aromatic rings. The normalized spacial score (nSPS) is 18.6. The summed E-state index contributed by atoms with van der Waals surface area (Å²) in [6.07, 6.45) is 0.857. The van der Waals surface area contributed by atoms with Gasteiger partial charge in [0, 0.05) is 12.0 Å². The monoisotopic (exact) mass is 259 g/mol. The second-order valence-corrected chi connectivity index (χ2v) is 4.45. The third kappa shape index (κ3) is 2.22. The van der Waals surface area contributed by atoms with Gasteiger partial charge in [-0.25, -0.2) is 4.79 Å². The van der Waals surface area contributed by atoms with Crippen LogP contribution in [0.5, 0.6) is 0 Å². The van der Waals surface area contributed by atoms with Gasteiger partial charge in [-0.15, -0.1) is 10.2 Å². The summed E-state index contributed by atoms with van der Waals surface area (Å²) in [5.41, 5.74) is 1.15. The number of benzene rings is 1. The number of anilines is 1. The molecule has 3 rings (SSSR count). The number of hydrogen-bond donors (Lipinski definition) is 2. The van der Waals surface area contributed by atoms with E-state index in [1.54, 1.807) is 0 Å². The van der Waals surface area contributed by atoms with Crippen molar-refractivity contribution in [2.45, 2.75) is 12.5 Å². The quantitative estimate of drug-likeness (QED) is 0.869. The minimum absolute atomic E-state index is 0.0504. The van der Waals surface area contributed by atoms with Gasteiger partial charge in [-0.1, -0.05) is 18.2 Å². The Morgan fingerprint density at radius 1 is 1.37 bits per heavy atom. The Labute approximate surface area is 109 Å². The van der Waals surface area contributed by atoms with Gasteiger partial charge in [0.05, 0.1) is 23.9 Å². The molecule has 0 bridgehead atoms. The van der Waals surface area contributed by atoms with Gasteiger partial charge < -0.3 is 15.2 Å². The lowest BCUT2D eigenvalue weighted by molar-refractivity contribution is 0.0690. The van der Waals surface area contributed by atoms with E-state index >= 15 is 0 Å². The predicted molar refractivity (Wildman–Crippen MR) is 69.3 cm³/mol. The van der Waals surface area contributed by atoms with Crippen molar-refractivity contribution in [1.29, 1.82) is 0 Å². The van der Waals surface area contributed by atoms with E-state index in [0.29, 0.717) is 24.4 Å². The average Bonchev–Trinajstić information content (AvgIpc) is 2.92. The molecule has 2 heterocycles. The minimum atomic E-state index is -1.08. The second kappa shape index (κ2) is 4.81. The molecule has 0 radical (unpaired) electrons. The molecule has 1 fully saturated rings. The van der Waals surface area contributed by atoms with Gasteiger partial charge >= 0.3 is 5.97 Å². The molecule has 1 aliphatic heterocycles. The Hall–Kier alpha value is -2.21. The molecule has 1 saturated heterocycles. The molecule has 0 aliphatic carbocycles. The van der Waals surface area contributed by atoms with Gasteiger partial charge in [0.15, 0.2) is 5.69 Å². The first-order valence-corrected chi connectivity index (χ1v) is 6.08. The van der Waals surface area contributed by atoms with Gasteiger partial charge in [-0.3, -0.25) is 0 Å². The van der Waals surface area contributed by atoms with Crippen LogP contribution in [0.1, 0.15) is 16.9 Å². The fraction of sp³-hybridized carbons (Fsp3) is 0.308. The summed E-state index contributed by atoms with van der Waals surface area (Å²) >= 11 is 0. The molecular formula is C13H13N3O3. The van der Waals surface area contributed by atoms with E-state index in [1.165, 1.54) is 0 Å². The van der Waals surface area contributed by atoms with Crippen molar-refractivity contribution < 1.29 is 14.6 Å². The zero-order valence-electron chi connectivity index (χ0n) is 10.2. The number of nitrogens with one attached hydrogen (secondary N) is 1. The summed E-state index contributed by atoms with van der Waals surface area (Å²) in [5.74, 6) is -1.08. The van der Waals surface area contributed by atoms with E-state index in [4.69, 9.17) is 4.74 Å². The lowest BCUT2D eigenvalue weighted by atomic mass is 10.1. The maximum atomic E-state index is 11.3. The number of aromatic carboxylic acids is 1. The highest BCUT2D eigenvalue weighted by molar-refractivity contribution is 6.02. The Kier molecular flexibility index (Phi) is 3.00. The number of fused-ring (bicyclic) bond motifs is 1. The van der Waals surface area contributed by atoms with Crippen LogP contribution in [-0.4, -0.2) is 40.5 Å². The number of hydrogen-bond acceptors (Lipinski definition) is 5. The molecule has 1 unspecified atom stereocenters. The largest absolute Gasteiger partial charge is 0.476 e. The van der Waals surface area contributed by atoms with Crippen molar-refractivity contribution in [1.82, 2.24) is 10.2 Å². The number of carboxylic acids is 1. The Morgan fingerprint density at radius 2 is 2.21 bits per heavy atom. The van der Waals surface area contributed by atoms with Crippen molar-refractivity contribution in [2.75, 3.05) is 18.5 Å². The highest BCUT2D eigenvalue weighted by atomic mass is 16.5. The molecule has 0 spiro atoms. The van der Waals surface area contributed by atoms with E-state index in [-0.39, 0.29) is 11.7 Å². The van der Waals surface area contributed by atoms with Crippen molar-refractivity contribution in [2.24, 2.45) is 0 Å². The van der Waals surface area contributed by atoms with Gasteiger partial charge in [0.2, 0.25) is 0 Å². The number of carboxylic acid groups (broad SMARTS) is 1. The van der Waals surface area contributed by atoms with E-state index in [9.17, 15) is 9.90 Å². The van der Waals surface area contributed by atoms with E-state index in [0.717, 1.165) is 11.8 Å². The summed E-state index contributed by atoms with van der Waals surface area (Å²) < 4.78 is 5.30. The topological polar surface area (TPSA) is 84.3 Å². The van der Waals surface area contributed by atoms with E-state index in [1.807, 2.05) is 24.3 Å². The van der Waals surface area contributed by atoms with Gasteiger partial charge in [0.25, 0.3) is 0 Å². The van der Waals surface area contributed by atoms with Gasteiger partial charge in [-0.05, 0) is 12.5 Å². The molecule has 1 atom stereocenters. The molecule has 0 amide bonds. The predicted octanol–water partition coefficient (Wildman–Crippen LogP) is 1.53. The van der Waals surface area contributed by atoms with Crippen molar-refractivity contribution >= 4 is 22.6 Å². The van der Waals surface area contributed by atoms with Crippen LogP contribution in [0.3, 0.4) is 0 Å². The third-order valence-electron chi connectivity index (χ3n) is 3.15. The average molecular weight is 259 g/mol. The molecule has 6 nitrogen and oxygen atoms in total. The number of aromatic nitrogens is 2. The fourth-order valence-corrected chi connectivity index (χ4v) is 2.20. The number of ether oxygens (including phenoxy) is 1. The van der Waals surface area contributed by atoms with Gasteiger partial charge in [0.1, 0.15) is 0 Å². The van der Waals surface area contributed by atoms with Crippen LogP contribution < -0.4 is 5.32 Å². The maximum Gasteiger partial charge on any atom is 0.358 e. The Balaban J connectivity index is 2.10. The first-order valence-electron chi connectivity index (χ1n) is 6.08. The zero-order valence-corrected chi connectivity index (χ0v) is 10.2. The van der Waals surface area contributed by atoms with Crippen LogP contribution >= 0.6 is 0 Å². The molecule has 1 aromatic heterocycles. The smallest absolute Gasteiger partial charge is 0.358 e. The summed E-state index contributed by atoms with van der Waals surface area (Å²) in [6.45, 7) is 1.27. The molecule has 19 heavy (non-hydrogen) atoms. The van der Waals surface area contributed by atoms with Crippen LogP contribution in [-0.2, 0) is 4.74 Å². The maximum absolute atomic E-state index is 11.3. The summed E-state index contributed by atoms with van der Waals surface area (Å²) in [4.78, 5) is 11.3. The van der Waals surface area contributed by atoms with Crippen LogP contribution in [0, 0.1) is 0 Å². The van der Waals surface area contributed by atoms with Crippen molar-refractivity contribution in [3.63, 3.8) is 0 Å². The van der Waals surface area contributed by atoms with Crippen LogP contribution in [0.4, 0.5) is 5.69 Å². The summed E-state index contributed by atoms with van der Waals surface area (Å²) in [6, 6.07) is 7.47. The molecule has 98 valence electrons. The number of rotatable bonds is 3. The highest BCUT2D eigenvalue weighted by Crippen LogP contribution is 2.26. The SMILES string of the molecule is O=C(O)c1nnc2ccccc2c1NC1CCOC1. The molecule has 1 aromatic carbocycles. The summed E-state index contributed by atoms with van der Waals surface area (Å²) in [7, 11) is 0. The number of nitrogens with zero attached hydrogens (tertiary/aromatic N) is 2. The first-order chi connectivity index (χ1) is 9.25. The Morgan fingerprint density at radius 3 is 2.95 bits per heavy atom. The fourth-order valence-electron chi connectivity index (χ4n) is 2.20.